The summed E-state index contributed by atoms with van der Waals surface area (Å²) in [5, 5.41) is 4.07. The van der Waals surface area contributed by atoms with Crippen LogP contribution in [0.25, 0.3) is 23.4 Å². The van der Waals surface area contributed by atoms with E-state index < -0.39 is 5.66 Å². The second-order valence-electron chi connectivity index (χ2n) is 19.3. The van der Waals surface area contributed by atoms with Crippen LogP contribution in [0.15, 0.2) is 142 Å². The normalized spacial score (nSPS) is 35.3. The summed E-state index contributed by atoms with van der Waals surface area (Å²) in [5.41, 5.74) is 14.2. The van der Waals surface area contributed by atoms with E-state index in [1.165, 1.54) is 68.1 Å². The van der Waals surface area contributed by atoms with Crippen molar-refractivity contribution in [2.45, 2.75) is 97.0 Å². The maximum absolute atomic E-state index is 7.09. The third-order valence-corrected chi connectivity index (χ3v) is 15.1. The highest BCUT2D eigenvalue weighted by molar-refractivity contribution is 6.02. The van der Waals surface area contributed by atoms with Crippen molar-refractivity contribution in [1.82, 2.24) is 14.8 Å². The van der Waals surface area contributed by atoms with Crippen molar-refractivity contribution in [3.05, 3.63) is 165 Å². The van der Waals surface area contributed by atoms with Crippen LogP contribution >= 0.6 is 0 Å². The Bertz CT molecular complexity index is 2520. The molecule has 9 aliphatic rings. The molecule has 0 bridgehead atoms. The molecule has 1 N–H and O–H groups in total. The van der Waals surface area contributed by atoms with Crippen LogP contribution in [0, 0.1) is 29.1 Å². The molecule has 0 amide bonds. The second kappa shape index (κ2) is 13.7. The van der Waals surface area contributed by atoms with Gasteiger partial charge >= 0.3 is 0 Å². The molecular formula is C54H58N4O. The van der Waals surface area contributed by atoms with Crippen LogP contribution in [0.4, 0.5) is 0 Å². The molecule has 1 aromatic carbocycles. The highest BCUT2D eigenvalue weighted by atomic mass is 16.5. The van der Waals surface area contributed by atoms with Gasteiger partial charge in [-0.1, -0.05) is 124 Å². The largest absolute Gasteiger partial charge is 0.484 e. The van der Waals surface area contributed by atoms with Crippen molar-refractivity contribution in [2.24, 2.45) is 34.1 Å². The first-order chi connectivity index (χ1) is 28.6. The molecule has 9 atom stereocenters. The molecule has 0 saturated heterocycles. The number of nitrogens with one attached hydrogen (secondary N) is 1. The molecule has 5 nitrogen and oxygen atoms in total. The summed E-state index contributed by atoms with van der Waals surface area (Å²) in [6.07, 6.45) is 41.9. The molecule has 59 heavy (non-hydrogen) atoms. The smallest absolute Gasteiger partial charge is 0.139 e. The van der Waals surface area contributed by atoms with E-state index in [1.807, 2.05) is 0 Å². The lowest BCUT2D eigenvalue weighted by atomic mass is 9.76. The van der Waals surface area contributed by atoms with E-state index in [9.17, 15) is 0 Å². The van der Waals surface area contributed by atoms with E-state index >= 15 is 0 Å². The molecule has 300 valence electrons. The van der Waals surface area contributed by atoms with Crippen LogP contribution in [0.3, 0.4) is 0 Å². The number of hydrogen-bond donors (Lipinski definition) is 1. The Morgan fingerprint density at radius 3 is 2.58 bits per heavy atom. The van der Waals surface area contributed by atoms with E-state index in [1.54, 1.807) is 0 Å². The number of rotatable bonds is 6. The van der Waals surface area contributed by atoms with Crippen molar-refractivity contribution in [3.63, 3.8) is 0 Å². The molecular weight excluding hydrogens is 721 g/mol. The van der Waals surface area contributed by atoms with Crippen LogP contribution < -0.4 is 5.32 Å². The fourth-order valence-corrected chi connectivity index (χ4v) is 11.2. The molecule has 1 fully saturated rings. The zero-order valence-corrected chi connectivity index (χ0v) is 35.6. The molecule has 1 saturated carbocycles. The fraction of sp³-hybridized carbons (Fsp3) is 0.389. The molecule has 1 aromatic heterocycles. The summed E-state index contributed by atoms with van der Waals surface area (Å²) < 4.78 is 9.79. The maximum atomic E-state index is 7.09. The van der Waals surface area contributed by atoms with Crippen molar-refractivity contribution in [1.29, 1.82) is 0 Å². The topological polar surface area (TPSA) is 41.8 Å². The SMILES string of the molecule is CC1C=CC(C2=NC(C3=CC=C(c4ccccc4)C(C)C3)N(C)C(C)(C3=CCC(C)C(n4c5c(c6c4C4CC4C=C6)C4OC(C6=CC=CCC6)=CC4(C)C=C5)=C3)N2)=CC1. The molecule has 2 aliphatic heterocycles. The second-order valence-corrected chi connectivity index (χ2v) is 19.3. The predicted octanol–water partition coefficient (Wildman–Crippen LogP) is 12.2. The Kier molecular flexibility index (Phi) is 8.58. The standard InChI is InChI=1S/C54H58N4O/c1-33-17-20-38(21-18-33)51-55-52(40-23-25-42(35(3)29-40)36-13-9-7-10-14-36)57(6)54(5,56-51)41-24-19-34(2)46(31-41)58-45-27-28-53(4)32-47(37-15-11-8-12-16-37)59-50(53)48(45)43-26-22-39-30-44(39)49(43)58/h7-11,13-15,17,20-28,31-35,39,44,50,52H,12,16,18-19,29-30H2,1-6H3,(H,55,56). The number of benzene rings is 1. The lowest BCUT2D eigenvalue weighted by Gasteiger charge is -2.50. The highest BCUT2D eigenvalue weighted by Gasteiger charge is 2.51. The minimum atomic E-state index is -0.502. The zero-order chi connectivity index (χ0) is 40.2. The Morgan fingerprint density at radius 1 is 0.932 bits per heavy atom. The number of amidine groups is 1. The molecule has 2 aromatic rings. The van der Waals surface area contributed by atoms with Crippen LogP contribution in [0.2, 0.25) is 0 Å². The van der Waals surface area contributed by atoms with E-state index in [-0.39, 0.29) is 17.7 Å². The zero-order valence-electron chi connectivity index (χ0n) is 35.6. The minimum Gasteiger partial charge on any atom is -0.484 e. The van der Waals surface area contributed by atoms with Gasteiger partial charge in [-0.3, -0.25) is 4.90 Å². The van der Waals surface area contributed by atoms with Gasteiger partial charge in [-0.25, -0.2) is 4.99 Å². The van der Waals surface area contributed by atoms with Crippen molar-refractivity contribution < 1.29 is 4.74 Å². The van der Waals surface area contributed by atoms with Crippen molar-refractivity contribution >= 4 is 29.3 Å². The average Bonchev–Trinajstić information content (AvgIpc) is 3.85. The van der Waals surface area contributed by atoms with Gasteiger partial charge in [0.2, 0.25) is 0 Å². The van der Waals surface area contributed by atoms with Gasteiger partial charge in [0.05, 0.1) is 5.69 Å². The quantitative estimate of drug-likeness (QED) is 0.318. The Hall–Kier alpha value is -5.13. The molecule has 0 spiro atoms. The molecule has 9 unspecified atom stereocenters. The van der Waals surface area contributed by atoms with Gasteiger partial charge < -0.3 is 14.6 Å². The summed E-state index contributed by atoms with van der Waals surface area (Å²) in [5.74, 6) is 4.54. The lowest BCUT2D eigenvalue weighted by Crippen LogP contribution is -2.65. The van der Waals surface area contributed by atoms with Gasteiger partial charge in [-0.2, -0.15) is 0 Å². The summed E-state index contributed by atoms with van der Waals surface area (Å²) in [6, 6.07) is 10.9. The number of nitrogens with zero attached hydrogens (tertiary/aromatic N) is 3. The maximum Gasteiger partial charge on any atom is 0.139 e. The summed E-state index contributed by atoms with van der Waals surface area (Å²) >= 11 is 0. The Balaban J connectivity index is 0.999. The van der Waals surface area contributed by atoms with Gasteiger partial charge in [0, 0.05) is 45.3 Å². The monoisotopic (exact) mass is 778 g/mol. The van der Waals surface area contributed by atoms with Gasteiger partial charge in [0.25, 0.3) is 0 Å². The van der Waals surface area contributed by atoms with Gasteiger partial charge in [0.15, 0.2) is 0 Å². The summed E-state index contributed by atoms with van der Waals surface area (Å²) in [7, 11) is 2.28. The van der Waals surface area contributed by atoms with Crippen molar-refractivity contribution in [3.8, 4) is 0 Å². The minimum absolute atomic E-state index is 0.0425. The highest BCUT2D eigenvalue weighted by Crippen LogP contribution is 2.61. The van der Waals surface area contributed by atoms with E-state index in [0.29, 0.717) is 29.6 Å². The summed E-state index contributed by atoms with van der Waals surface area (Å²) in [6.45, 7) is 11.8. The number of aliphatic imine (C=N–C) groups is 1. The first-order valence-electron chi connectivity index (χ1n) is 22.4. The molecule has 5 heteroatoms. The molecule has 7 aliphatic carbocycles. The Labute approximate surface area is 351 Å². The van der Waals surface area contributed by atoms with Gasteiger partial charge in [-0.15, -0.1) is 0 Å². The number of ether oxygens (including phenoxy) is 1. The van der Waals surface area contributed by atoms with Gasteiger partial charge in [-0.05, 0) is 123 Å². The number of fused-ring (bicyclic) bond motifs is 7. The van der Waals surface area contributed by atoms with E-state index in [2.05, 4.69) is 178 Å². The third kappa shape index (κ3) is 5.93. The van der Waals surface area contributed by atoms with Crippen LogP contribution in [-0.2, 0) is 4.74 Å². The molecule has 0 radical (unpaired) electrons. The fourth-order valence-electron chi connectivity index (χ4n) is 11.2. The van der Waals surface area contributed by atoms with E-state index in [4.69, 9.17) is 9.73 Å². The number of likely N-dealkylation sites (N-methyl/N-ethyl adjacent to an activating group) is 1. The molecule has 11 rings (SSSR count). The Morgan fingerprint density at radius 2 is 1.80 bits per heavy atom. The number of hydrogen-bond acceptors (Lipinski definition) is 4. The number of aromatic nitrogens is 1. The first-order valence-corrected chi connectivity index (χ1v) is 22.4. The lowest BCUT2D eigenvalue weighted by molar-refractivity contribution is 0.0927. The van der Waals surface area contributed by atoms with Crippen LogP contribution in [0.1, 0.15) is 113 Å². The number of allylic oxidation sites excluding steroid dienone is 12. The van der Waals surface area contributed by atoms with Crippen molar-refractivity contribution in [2.75, 3.05) is 7.05 Å². The van der Waals surface area contributed by atoms with E-state index in [0.717, 1.165) is 43.7 Å². The van der Waals surface area contributed by atoms with Gasteiger partial charge in [0.1, 0.15) is 29.5 Å². The van der Waals surface area contributed by atoms with Crippen LogP contribution in [0.5, 0.6) is 0 Å². The average molecular weight is 779 g/mol. The van der Waals surface area contributed by atoms with Crippen LogP contribution in [-0.4, -0.2) is 34.2 Å². The molecule has 3 heterocycles. The third-order valence-electron chi connectivity index (χ3n) is 15.1. The summed E-state index contributed by atoms with van der Waals surface area (Å²) in [4.78, 5) is 8.07. The predicted molar refractivity (Wildman–Crippen MR) is 244 cm³/mol. The first kappa shape index (κ1) is 36.9.